The van der Waals surface area contributed by atoms with Gasteiger partial charge in [0.2, 0.25) is 0 Å². The van der Waals surface area contributed by atoms with E-state index in [4.69, 9.17) is 5.73 Å². The lowest BCUT2D eigenvalue weighted by Crippen LogP contribution is -2.03. The van der Waals surface area contributed by atoms with Gasteiger partial charge in [-0.3, -0.25) is 0 Å². The Balaban J connectivity index is 2.53. The Bertz CT molecular complexity index is 406. The Hall–Kier alpha value is -1.84. The summed E-state index contributed by atoms with van der Waals surface area (Å²) in [7, 11) is 0. The molecular formula is C9H10N4. The summed E-state index contributed by atoms with van der Waals surface area (Å²) in [5, 5.41) is 4.05. The van der Waals surface area contributed by atoms with Gasteiger partial charge < -0.3 is 5.73 Å². The van der Waals surface area contributed by atoms with Crippen LogP contribution in [-0.4, -0.2) is 14.8 Å². The SMILES string of the molecule is Cc1cnc(-n2cccn2)c(N)c1. The minimum absolute atomic E-state index is 0.642. The summed E-state index contributed by atoms with van der Waals surface area (Å²) >= 11 is 0. The fraction of sp³-hybridized carbons (Fsp3) is 0.111. The molecule has 13 heavy (non-hydrogen) atoms. The van der Waals surface area contributed by atoms with Crippen LogP contribution in [0.4, 0.5) is 5.69 Å². The lowest BCUT2D eigenvalue weighted by Gasteiger charge is -2.04. The molecule has 2 heterocycles. The summed E-state index contributed by atoms with van der Waals surface area (Å²) in [6.45, 7) is 1.95. The van der Waals surface area contributed by atoms with Crippen molar-refractivity contribution in [2.24, 2.45) is 0 Å². The molecule has 2 aromatic rings. The van der Waals surface area contributed by atoms with E-state index >= 15 is 0 Å². The van der Waals surface area contributed by atoms with Gasteiger partial charge in [0, 0.05) is 18.6 Å². The first-order valence-electron chi connectivity index (χ1n) is 3.99. The highest BCUT2D eigenvalue weighted by atomic mass is 15.3. The molecular weight excluding hydrogens is 164 g/mol. The van der Waals surface area contributed by atoms with E-state index in [0.717, 1.165) is 5.56 Å². The van der Waals surface area contributed by atoms with Crippen LogP contribution in [0, 0.1) is 6.92 Å². The van der Waals surface area contributed by atoms with Crippen LogP contribution in [-0.2, 0) is 0 Å². The topological polar surface area (TPSA) is 56.7 Å². The van der Waals surface area contributed by atoms with Gasteiger partial charge in [-0.2, -0.15) is 5.10 Å². The molecule has 0 saturated heterocycles. The van der Waals surface area contributed by atoms with Crippen LogP contribution in [0.5, 0.6) is 0 Å². The zero-order valence-electron chi connectivity index (χ0n) is 7.31. The first-order valence-corrected chi connectivity index (χ1v) is 3.99. The number of hydrogen-bond acceptors (Lipinski definition) is 3. The van der Waals surface area contributed by atoms with E-state index in [2.05, 4.69) is 10.1 Å². The number of rotatable bonds is 1. The van der Waals surface area contributed by atoms with Crippen molar-refractivity contribution in [1.29, 1.82) is 0 Å². The fourth-order valence-corrected chi connectivity index (χ4v) is 1.17. The van der Waals surface area contributed by atoms with Crippen molar-refractivity contribution < 1.29 is 0 Å². The van der Waals surface area contributed by atoms with Crippen molar-refractivity contribution in [3.63, 3.8) is 0 Å². The molecule has 0 aliphatic carbocycles. The lowest BCUT2D eigenvalue weighted by molar-refractivity contribution is 0.848. The molecule has 4 nitrogen and oxygen atoms in total. The summed E-state index contributed by atoms with van der Waals surface area (Å²) < 4.78 is 1.65. The summed E-state index contributed by atoms with van der Waals surface area (Å²) in [4.78, 5) is 4.20. The third kappa shape index (κ3) is 1.38. The molecule has 0 atom stereocenters. The predicted molar refractivity (Wildman–Crippen MR) is 50.5 cm³/mol. The predicted octanol–water partition coefficient (Wildman–Crippen LogP) is 1.16. The van der Waals surface area contributed by atoms with E-state index in [0.29, 0.717) is 11.5 Å². The third-order valence-corrected chi connectivity index (χ3v) is 1.75. The largest absolute Gasteiger partial charge is 0.396 e. The van der Waals surface area contributed by atoms with Gasteiger partial charge in [-0.1, -0.05) is 0 Å². The van der Waals surface area contributed by atoms with Gasteiger partial charge in [0.15, 0.2) is 5.82 Å². The van der Waals surface area contributed by atoms with Gasteiger partial charge in [-0.15, -0.1) is 0 Å². The third-order valence-electron chi connectivity index (χ3n) is 1.75. The number of hydrogen-bond donors (Lipinski definition) is 1. The van der Waals surface area contributed by atoms with Crippen LogP contribution in [0.2, 0.25) is 0 Å². The molecule has 0 saturated carbocycles. The van der Waals surface area contributed by atoms with Crippen molar-refractivity contribution in [3.8, 4) is 5.82 Å². The van der Waals surface area contributed by atoms with E-state index in [1.807, 2.05) is 25.3 Å². The number of aryl methyl sites for hydroxylation is 1. The highest BCUT2D eigenvalue weighted by molar-refractivity contribution is 5.53. The van der Waals surface area contributed by atoms with Crippen molar-refractivity contribution in [3.05, 3.63) is 36.3 Å². The normalized spacial score (nSPS) is 10.2. The molecule has 0 bridgehead atoms. The van der Waals surface area contributed by atoms with Gasteiger partial charge in [0.05, 0.1) is 5.69 Å². The maximum absolute atomic E-state index is 5.79. The molecule has 0 spiro atoms. The van der Waals surface area contributed by atoms with Crippen molar-refractivity contribution >= 4 is 5.69 Å². The van der Waals surface area contributed by atoms with Gasteiger partial charge >= 0.3 is 0 Å². The van der Waals surface area contributed by atoms with Crippen molar-refractivity contribution in [2.45, 2.75) is 6.92 Å². The molecule has 4 heteroatoms. The van der Waals surface area contributed by atoms with Gasteiger partial charge in [0.1, 0.15) is 0 Å². The summed E-state index contributed by atoms with van der Waals surface area (Å²) in [6.07, 6.45) is 5.28. The molecule has 2 aromatic heterocycles. The Morgan fingerprint density at radius 2 is 2.31 bits per heavy atom. The maximum Gasteiger partial charge on any atom is 0.176 e. The van der Waals surface area contributed by atoms with Crippen LogP contribution in [0.1, 0.15) is 5.56 Å². The van der Waals surface area contributed by atoms with Crippen LogP contribution in [0.3, 0.4) is 0 Å². The second-order valence-electron chi connectivity index (χ2n) is 2.88. The Labute approximate surface area is 76.0 Å². The monoisotopic (exact) mass is 174 g/mol. The number of pyridine rings is 1. The van der Waals surface area contributed by atoms with E-state index < -0.39 is 0 Å². The minimum atomic E-state index is 0.642. The molecule has 66 valence electrons. The van der Waals surface area contributed by atoms with Crippen LogP contribution in [0.15, 0.2) is 30.7 Å². The molecule has 0 aromatic carbocycles. The average Bonchev–Trinajstić information content (AvgIpc) is 2.56. The molecule has 0 radical (unpaired) electrons. The van der Waals surface area contributed by atoms with Crippen LogP contribution >= 0.6 is 0 Å². The summed E-state index contributed by atoms with van der Waals surface area (Å²) in [6, 6.07) is 3.71. The number of nitrogen functional groups attached to an aromatic ring is 1. The standard InChI is InChI=1S/C9H10N4/c1-7-5-8(10)9(11-6-7)13-4-2-3-12-13/h2-6H,10H2,1H3. The van der Waals surface area contributed by atoms with E-state index in [1.54, 1.807) is 17.1 Å². The van der Waals surface area contributed by atoms with Gasteiger partial charge in [-0.05, 0) is 24.6 Å². The quantitative estimate of drug-likeness (QED) is 0.705. The average molecular weight is 174 g/mol. The Morgan fingerprint density at radius 3 is 2.92 bits per heavy atom. The first kappa shape index (κ1) is 7.79. The second-order valence-corrected chi connectivity index (χ2v) is 2.88. The van der Waals surface area contributed by atoms with Crippen molar-refractivity contribution in [2.75, 3.05) is 5.73 Å². The van der Waals surface area contributed by atoms with E-state index in [-0.39, 0.29) is 0 Å². The Morgan fingerprint density at radius 1 is 1.46 bits per heavy atom. The zero-order chi connectivity index (χ0) is 9.26. The fourth-order valence-electron chi connectivity index (χ4n) is 1.17. The molecule has 2 rings (SSSR count). The van der Waals surface area contributed by atoms with Crippen molar-refractivity contribution in [1.82, 2.24) is 14.8 Å². The molecule has 0 fully saturated rings. The number of nitrogens with two attached hydrogens (primary N) is 1. The molecule has 2 N–H and O–H groups in total. The van der Waals surface area contributed by atoms with Crippen LogP contribution < -0.4 is 5.73 Å². The van der Waals surface area contributed by atoms with E-state index in [1.165, 1.54) is 0 Å². The zero-order valence-corrected chi connectivity index (χ0v) is 7.31. The molecule has 0 amide bonds. The number of aromatic nitrogens is 3. The molecule has 0 aliphatic rings. The smallest absolute Gasteiger partial charge is 0.176 e. The number of nitrogens with zero attached hydrogens (tertiary/aromatic N) is 3. The number of anilines is 1. The van der Waals surface area contributed by atoms with E-state index in [9.17, 15) is 0 Å². The summed E-state index contributed by atoms with van der Waals surface area (Å²) in [5.74, 6) is 0.676. The van der Waals surface area contributed by atoms with Gasteiger partial charge in [0.25, 0.3) is 0 Å². The first-order chi connectivity index (χ1) is 6.27. The highest BCUT2D eigenvalue weighted by Crippen LogP contribution is 2.13. The minimum Gasteiger partial charge on any atom is -0.396 e. The second kappa shape index (κ2) is 2.90. The lowest BCUT2D eigenvalue weighted by atomic mass is 10.3. The van der Waals surface area contributed by atoms with Gasteiger partial charge in [-0.25, -0.2) is 9.67 Å². The highest BCUT2D eigenvalue weighted by Gasteiger charge is 2.02. The summed E-state index contributed by atoms with van der Waals surface area (Å²) in [5.41, 5.74) is 7.48. The van der Waals surface area contributed by atoms with Crippen LogP contribution in [0.25, 0.3) is 5.82 Å². The molecule has 0 aliphatic heterocycles. The Kier molecular flexibility index (Phi) is 1.73. The maximum atomic E-state index is 5.79. The molecule has 0 unspecified atom stereocenters.